The normalized spacial score (nSPS) is 25.6. The topological polar surface area (TPSA) is 155 Å². The monoisotopic (exact) mass is 395 g/mol. The Bertz CT molecular complexity index is 789. The van der Waals surface area contributed by atoms with Gasteiger partial charge in [0.2, 0.25) is 0 Å². The van der Waals surface area contributed by atoms with E-state index in [4.69, 9.17) is 24.7 Å². The number of anilines is 3. The first kappa shape index (κ1) is 19.6. The Morgan fingerprint density at radius 1 is 1.18 bits per heavy atom. The van der Waals surface area contributed by atoms with Gasteiger partial charge in [-0.2, -0.15) is 0 Å². The maximum Gasteiger partial charge on any atom is 0.303 e. The number of nitrogen functional groups attached to an aromatic ring is 1. The van der Waals surface area contributed by atoms with Gasteiger partial charge in [0.1, 0.15) is 24.7 Å². The summed E-state index contributed by atoms with van der Waals surface area (Å²) < 4.78 is 21.7. The fourth-order valence-electron chi connectivity index (χ4n) is 3.17. The molecule has 0 saturated carbocycles. The lowest BCUT2D eigenvalue weighted by Gasteiger charge is -2.29. The van der Waals surface area contributed by atoms with Crippen molar-refractivity contribution in [3.63, 3.8) is 0 Å². The minimum absolute atomic E-state index is 0.179. The second-order valence-electron chi connectivity index (χ2n) is 6.28. The zero-order valence-electron chi connectivity index (χ0n) is 15.6. The summed E-state index contributed by atoms with van der Waals surface area (Å²) in [6.45, 7) is 3.77. The molecule has 28 heavy (non-hydrogen) atoms. The van der Waals surface area contributed by atoms with Crippen molar-refractivity contribution in [3.8, 4) is 0 Å². The summed E-state index contributed by atoms with van der Waals surface area (Å²) in [5.74, 6) is -0.998. The van der Waals surface area contributed by atoms with Crippen LogP contribution >= 0.6 is 0 Å². The van der Waals surface area contributed by atoms with Crippen molar-refractivity contribution in [3.05, 3.63) is 6.33 Å². The number of nitrogens with one attached hydrogen (secondary N) is 1. The quantitative estimate of drug-likeness (QED) is 0.483. The van der Waals surface area contributed by atoms with Gasteiger partial charge in [0.05, 0.1) is 6.67 Å². The maximum absolute atomic E-state index is 11.7. The Balaban J connectivity index is 1.92. The van der Waals surface area contributed by atoms with E-state index < -0.39 is 42.4 Å². The van der Waals surface area contributed by atoms with Crippen LogP contribution < -0.4 is 16.0 Å². The summed E-state index contributed by atoms with van der Waals surface area (Å²) in [6.07, 6.45) is -2.37. The van der Waals surface area contributed by atoms with Crippen molar-refractivity contribution >= 4 is 35.2 Å². The molecule has 0 spiro atoms. The molecule has 1 aromatic heterocycles. The number of carbonyl (C=O) groups is 3. The molecule has 3 rings (SSSR count). The zero-order valence-corrected chi connectivity index (χ0v) is 15.6. The van der Waals surface area contributed by atoms with E-state index >= 15 is 0 Å². The van der Waals surface area contributed by atoms with Crippen LogP contribution in [0.4, 0.5) is 17.3 Å². The fraction of sp³-hybridized carbons (Fsp3) is 0.562. The van der Waals surface area contributed by atoms with E-state index in [0.717, 1.165) is 0 Å². The number of aromatic nitrogens is 2. The number of carbonyl (C=O) groups excluding carboxylic acids is 3. The van der Waals surface area contributed by atoms with Gasteiger partial charge < -0.3 is 34.9 Å². The molecular formula is C16H21N5O7. The first-order valence-corrected chi connectivity index (χ1v) is 8.52. The zero-order chi connectivity index (χ0) is 20.4. The molecule has 152 valence electrons. The molecule has 0 aliphatic carbocycles. The van der Waals surface area contributed by atoms with E-state index in [-0.39, 0.29) is 19.1 Å². The fourth-order valence-corrected chi connectivity index (χ4v) is 3.17. The largest absolute Gasteiger partial charge is 0.463 e. The highest BCUT2D eigenvalue weighted by Gasteiger charge is 2.53. The molecule has 0 amide bonds. The molecule has 1 aromatic rings. The molecule has 2 aliphatic heterocycles. The summed E-state index contributed by atoms with van der Waals surface area (Å²) in [7, 11) is 0. The number of ether oxygens (including phenoxy) is 4. The summed E-state index contributed by atoms with van der Waals surface area (Å²) in [5, 5.41) is 3.05. The molecule has 12 nitrogen and oxygen atoms in total. The van der Waals surface area contributed by atoms with E-state index in [2.05, 4.69) is 15.3 Å². The van der Waals surface area contributed by atoms with Crippen molar-refractivity contribution in [1.82, 2.24) is 9.97 Å². The van der Waals surface area contributed by atoms with Crippen LogP contribution in [0.3, 0.4) is 0 Å². The van der Waals surface area contributed by atoms with E-state index in [1.165, 1.54) is 27.1 Å². The molecule has 3 N–H and O–H groups in total. The molecule has 1 fully saturated rings. The third kappa shape index (κ3) is 3.91. The standard InChI is InChI=1S/C16H21N5O7/c1-7(22)25-4-10-12(26-8(2)23)13(27-9(3)24)16(28-10)21-6-20-11-14(17)18-5-19-15(11)21/h5,10,12-13,16,20H,4,6H2,1-3H3,(H2,17,18,19)/t10-,12+,13+,16-/m0/s1. The van der Waals surface area contributed by atoms with Gasteiger partial charge >= 0.3 is 17.9 Å². The van der Waals surface area contributed by atoms with Crippen molar-refractivity contribution in [2.24, 2.45) is 0 Å². The van der Waals surface area contributed by atoms with Gasteiger partial charge in [-0.25, -0.2) is 9.97 Å². The highest BCUT2D eigenvalue weighted by molar-refractivity contribution is 5.80. The van der Waals surface area contributed by atoms with E-state index in [0.29, 0.717) is 11.5 Å². The molecule has 12 heteroatoms. The summed E-state index contributed by atoms with van der Waals surface area (Å²) in [5.41, 5.74) is 6.37. The molecule has 1 saturated heterocycles. The molecule has 0 radical (unpaired) electrons. The van der Waals surface area contributed by atoms with Gasteiger partial charge in [-0.3, -0.25) is 14.4 Å². The predicted molar refractivity (Wildman–Crippen MR) is 93.8 cm³/mol. The van der Waals surface area contributed by atoms with Crippen LogP contribution in [0.25, 0.3) is 0 Å². The second kappa shape index (κ2) is 7.84. The van der Waals surface area contributed by atoms with E-state index in [1.807, 2.05) is 0 Å². The molecule has 4 atom stereocenters. The minimum Gasteiger partial charge on any atom is -0.463 e. The highest BCUT2D eigenvalue weighted by Crippen LogP contribution is 2.38. The Morgan fingerprint density at radius 2 is 1.86 bits per heavy atom. The third-order valence-corrected chi connectivity index (χ3v) is 4.20. The molecule has 3 heterocycles. The van der Waals surface area contributed by atoms with Gasteiger partial charge in [-0.1, -0.05) is 0 Å². The third-order valence-electron chi connectivity index (χ3n) is 4.20. The van der Waals surface area contributed by atoms with Gasteiger partial charge in [0.15, 0.2) is 30.1 Å². The molecule has 0 bridgehead atoms. The molecular weight excluding hydrogens is 374 g/mol. The molecule has 2 aliphatic rings. The number of hydrogen-bond donors (Lipinski definition) is 2. The number of rotatable bonds is 5. The highest BCUT2D eigenvalue weighted by atomic mass is 16.7. The van der Waals surface area contributed by atoms with E-state index in [9.17, 15) is 14.4 Å². The lowest BCUT2D eigenvalue weighted by atomic mass is 10.1. The Labute approximate surface area is 160 Å². The van der Waals surface area contributed by atoms with Crippen molar-refractivity contribution < 1.29 is 33.3 Å². The summed E-state index contributed by atoms with van der Waals surface area (Å²) >= 11 is 0. The van der Waals surface area contributed by atoms with Gasteiger partial charge in [0, 0.05) is 20.8 Å². The average molecular weight is 395 g/mol. The van der Waals surface area contributed by atoms with Crippen LogP contribution in [0.1, 0.15) is 20.8 Å². The van der Waals surface area contributed by atoms with Gasteiger partial charge in [-0.15, -0.1) is 0 Å². The lowest BCUT2D eigenvalue weighted by molar-refractivity contribution is -0.165. The number of nitrogens with zero attached hydrogens (tertiary/aromatic N) is 3. The maximum atomic E-state index is 11.7. The first-order chi connectivity index (χ1) is 13.3. The van der Waals surface area contributed by atoms with Gasteiger partial charge in [0.25, 0.3) is 0 Å². The Hall–Kier alpha value is -3.15. The van der Waals surface area contributed by atoms with Gasteiger partial charge in [-0.05, 0) is 0 Å². The van der Waals surface area contributed by atoms with Crippen LogP contribution in [0.15, 0.2) is 6.33 Å². The number of hydrogen-bond acceptors (Lipinski definition) is 12. The average Bonchev–Trinajstić information content (AvgIpc) is 3.16. The molecule has 0 unspecified atom stereocenters. The van der Waals surface area contributed by atoms with Crippen LogP contribution in [0, 0.1) is 0 Å². The van der Waals surface area contributed by atoms with Crippen LogP contribution in [-0.4, -0.2) is 65.7 Å². The smallest absolute Gasteiger partial charge is 0.303 e. The van der Waals surface area contributed by atoms with Crippen LogP contribution in [0.5, 0.6) is 0 Å². The second-order valence-corrected chi connectivity index (χ2v) is 6.28. The summed E-state index contributed by atoms with van der Waals surface area (Å²) in [6, 6.07) is 0. The predicted octanol–water partition coefficient (Wildman–Crippen LogP) is -0.600. The van der Waals surface area contributed by atoms with Crippen molar-refractivity contribution in [2.45, 2.75) is 45.3 Å². The van der Waals surface area contributed by atoms with Crippen LogP contribution in [-0.2, 0) is 33.3 Å². The first-order valence-electron chi connectivity index (χ1n) is 8.52. The minimum atomic E-state index is -0.981. The van der Waals surface area contributed by atoms with E-state index in [1.54, 1.807) is 4.90 Å². The summed E-state index contributed by atoms with van der Waals surface area (Å²) in [4.78, 5) is 44.3. The number of nitrogens with two attached hydrogens (primary N) is 1. The number of fused-ring (bicyclic) bond motifs is 1. The Morgan fingerprint density at radius 3 is 2.50 bits per heavy atom. The Kier molecular flexibility index (Phi) is 5.49. The van der Waals surface area contributed by atoms with Crippen molar-refractivity contribution in [1.29, 1.82) is 0 Å². The lowest BCUT2D eigenvalue weighted by Crippen LogP contribution is -2.47. The SMILES string of the molecule is CC(=O)OC[C@@H]1O[C@H](N2CNc3c(N)ncnc32)[C@H](OC(C)=O)[C@@H]1OC(C)=O. The van der Waals surface area contributed by atoms with Crippen LogP contribution in [0.2, 0.25) is 0 Å². The molecule has 0 aromatic carbocycles. The van der Waals surface area contributed by atoms with Crippen molar-refractivity contribution in [2.75, 3.05) is 29.2 Å². The number of esters is 3.